The molecule has 1 heterocycles. The Morgan fingerprint density at radius 3 is 2.79 bits per heavy atom. The number of nitrogens with one attached hydrogen (secondary N) is 1. The Kier molecular flexibility index (Phi) is 4.53. The van der Waals surface area contributed by atoms with Crippen LogP contribution in [0.5, 0.6) is 0 Å². The van der Waals surface area contributed by atoms with Crippen LogP contribution in [0.25, 0.3) is 0 Å². The molecule has 1 aliphatic heterocycles. The first-order chi connectivity index (χ1) is 8.88. The average Bonchev–Trinajstić information content (AvgIpc) is 2.33. The number of nitrogens with zero attached hydrogens (tertiary/aromatic N) is 1. The summed E-state index contributed by atoms with van der Waals surface area (Å²) in [6.07, 6.45) is -4.29. The highest BCUT2D eigenvalue weighted by atomic mass is 79.9. The number of alkyl halides is 3. The fourth-order valence-electron chi connectivity index (χ4n) is 2.21. The van der Waals surface area contributed by atoms with Crippen LogP contribution < -0.4 is 5.32 Å². The van der Waals surface area contributed by atoms with E-state index in [0.717, 1.165) is 30.2 Å². The maximum atomic E-state index is 12.7. The largest absolute Gasteiger partial charge is 0.416 e. The van der Waals surface area contributed by atoms with Gasteiger partial charge in [-0.1, -0.05) is 15.9 Å². The van der Waals surface area contributed by atoms with Crippen LogP contribution in [0.15, 0.2) is 22.7 Å². The molecule has 0 aromatic heterocycles. The van der Waals surface area contributed by atoms with Gasteiger partial charge in [0.05, 0.1) is 5.56 Å². The normalized spacial score (nSPS) is 21.6. The maximum Gasteiger partial charge on any atom is 0.416 e. The molecule has 1 saturated heterocycles. The molecule has 0 aliphatic carbocycles. The van der Waals surface area contributed by atoms with Crippen molar-refractivity contribution in [1.82, 2.24) is 10.2 Å². The minimum Gasteiger partial charge on any atom is -0.314 e. The van der Waals surface area contributed by atoms with Crippen LogP contribution in [-0.4, -0.2) is 30.6 Å². The first kappa shape index (κ1) is 14.8. The molecule has 1 aromatic carbocycles. The van der Waals surface area contributed by atoms with Gasteiger partial charge in [-0.15, -0.1) is 0 Å². The van der Waals surface area contributed by atoms with Crippen molar-refractivity contribution in [2.24, 2.45) is 0 Å². The molecule has 19 heavy (non-hydrogen) atoms. The first-order valence-electron chi connectivity index (χ1n) is 6.18. The third-order valence-electron chi connectivity index (χ3n) is 3.39. The van der Waals surface area contributed by atoms with E-state index >= 15 is 0 Å². The smallest absolute Gasteiger partial charge is 0.314 e. The van der Waals surface area contributed by atoms with Gasteiger partial charge in [0.25, 0.3) is 0 Å². The molecule has 0 bridgehead atoms. The van der Waals surface area contributed by atoms with Gasteiger partial charge in [-0.25, -0.2) is 0 Å². The molecule has 0 spiro atoms. The Labute approximate surface area is 119 Å². The van der Waals surface area contributed by atoms with Crippen molar-refractivity contribution in [3.8, 4) is 0 Å². The van der Waals surface area contributed by atoms with E-state index in [9.17, 15) is 13.2 Å². The van der Waals surface area contributed by atoms with Crippen molar-refractivity contribution in [1.29, 1.82) is 0 Å². The summed E-state index contributed by atoms with van der Waals surface area (Å²) in [7, 11) is 0. The summed E-state index contributed by atoms with van der Waals surface area (Å²) >= 11 is 3.33. The van der Waals surface area contributed by atoms with Crippen LogP contribution in [0.2, 0.25) is 0 Å². The SMILES string of the molecule is CC1CNCCN1Cc1cc(C(F)(F)F)ccc1Br. The highest BCUT2D eigenvalue weighted by Crippen LogP contribution is 2.32. The summed E-state index contributed by atoms with van der Waals surface area (Å²) in [5, 5.41) is 3.27. The lowest BCUT2D eigenvalue weighted by Crippen LogP contribution is -2.49. The highest BCUT2D eigenvalue weighted by molar-refractivity contribution is 9.10. The molecule has 1 aromatic rings. The summed E-state index contributed by atoms with van der Waals surface area (Å²) < 4.78 is 38.9. The Hall–Kier alpha value is -0.590. The van der Waals surface area contributed by atoms with Gasteiger partial charge < -0.3 is 5.32 Å². The summed E-state index contributed by atoms with van der Waals surface area (Å²) in [6, 6.07) is 4.15. The summed E-state index contributed by atoms with van der Waals surface area (Å²) in [6.45, 7) is 5.21. The zero-order chi connectivity index (χ0) is 14.0. The van der Waals surface area contributed by atoms with Gasteiger partial charge in [-0.05, 0) is 30.7 Å². The number of rotatable bonds is 2. The average molecular weight is 337 g/mol. The fourth-order valence-corrected chi connectivity index (χ4v) is 2.58. The minimum atomic E-state index is -4.29. The molecule has 1 N–H and O–H groups in total. The Bertz CT molecular complexity index is 448. The van der Waals surface area contributed by atoms with Gasteiger partial charge in [0.1, 0.15) is 0 Å². The number of piperazine rings is 1. The van der Waals surface area contributed by atoms with Crippen LogP contribution >= 0.6 is 15.9 Å². The molecular weight excluding hydrogens is 321 g/mol. The topological polar surface area (TPSA) is 15.3 Å². The lowest BCUT2D eigenvalue weighted by atomic mass is 10.1. The number of hydrogen-bond acceptors (Lipinski definition) is 2. The van der Waals surface area contributed by atoms with Crippen molar-refractivity contribution in [3.63, 3.8) is 0 Å². The van der Waals surface area contributed by atoms with Crippen LogP contribution in [-0.2, 0) is 12.7 Å². The molecule has 6 heteroatoms. The van der Waals surface area contributed by atoms with E-state index in [1.165, 1.54) is 12.1 Å². The van der Waals surface area contributed by atoms with Gasteiger partial charge in [-0.3, -0.25) is 4.90 Å². The molecular formula is C13H16BrF3N2. The van der Waals surface area contributed by atoms with E-state index < -0.39 is 11.7 Å². The molecule has 1 unspecified atom stereocenters. The van der Waals surface area contributed by atoms with Crippen molar-refractivity contribution in [2.75, 3.05) is 19.6 Å². The third kappa shape index (κ3) is 3.70. The standard InChI is InChI=1S/C13H16BrF3N2/c1-9-7-18-4-5-19(9)8-10-6-11(13(15,16)17)2-3-12(10)14/h2-3,6,9,18H,4-5,7-8H2,1H3. The van der Waals surface area contributed by atoms with Crippen molar-refractivity contribution >= 4 is 15.9 Å². The second-order valence-corrected chi connectivity index (χ2v) is 5.68. The lowest BCUT2D eigenvalue weighted by molar-refractivity contribution is -0.137. The summed E-state index contributed by atoms with van der Waals surface area (Å²) in [4.78, 5) is 2.19. The van der Waals surface area contributed by atoms with Crippen LogP contribution in [0.4, 0.5) is 13.2 Å². The van der Waals surface area contributed by atoms with Crippen molar-refractivity contribution in [2.45, 2.75) is 25.7 Å². The number of benzene rings is 1. The third-order valence-corrected chi connectivity index (χ3v) is 4.16. The Balaban J connectivity index is 2.19. The predicted octanol–water partition coefficient (Wildman–Crippen LogP) is 3.26. The number of hydrogen-bond donors (Lipinski definition) is 1. The second-order valence-electron chi connectivity index (χ2n) is 4.83. The van der Waals surface area contributed by atoms with Crippen molar-refractivity contribution < 1.29 is 13.2 Å². The van der Waals surface area contributed by atoms with E-state index in [1.807, 2.05) is 0 Å². The lowest BCUT2D eigenvalue weighted by Gasteiger charge is -2.34. The fraction of sp³-hybridized carbons (Fsp3) is 0.538. The first-order valence-corrected chi connectivity index (χ1v) is 6.97. The van der Waals surface area contributed by atoms with E-state index in [0.29, 0.717) is 18.2 Å². The second kappa shape index (κ2) is 5.81. The number of halogens is 4. The van der Waals surface area contributed by atoms with Gasteiger partial charge in [-0.2, -0.15) is 13.2 Å². The molecule has 106 valence electrons. The molecule has 2 nitrogen and oxygen atoms in total. The van der Waals surface area contributed by atoms with Gasteiger partial charge in [0, 0.05) is 36.7 Å². The molecule has 1 atom stereocenters. The molecule has 2 rings (SSSR count). The monoisotopic (exact) mass is 336 g/mol. The van der Waals surface area contributed by atoms with Crippen LogP contribution in [0, 0.1) is 0 Å². The highest BCUT2D eigenvalue weighted by Gasteiger charge is 2.31. The van der Waals surface area contributed by atoms with Crippen molar-refractivity contribution in [3.05, 3.63) is 33.8 Å². The predicted molar refractivity (Wildman–Crippen MR) is 71.9 cm³/mol. The zero-order valence-corrected chi connectivity index (χ0v) is 12.2. The summed E-state index contributed by atoms with van der Waals surface area (Å²) in [5.41, 5.74) is 0.0945. The molecule has 0 radical (unpaired) electrons. The van der Waals surface area contributed by atoms with Crippen LogP contribution in [0.1, 0.15) is 18.1 Å². The van der Waals surface area contributed by atoms with Crippen LogP contribution in [0.3, 0.4) is 0 Å². The quantitative estimate of drug-likeness (QED) is 0.891. The zero-order valence-electron chi connectivity index (χ0n) is 10.6. The Morgan fingerprint density at radius 1 is 1.42 bits per heavy atom. The Morgan fingerprint density at radius 2 is 2.16 bits per heavy atom. The van der Waals surface area contributed by atoms with Gasteiger partial charge >= 0.3 is 6.18 Å². The molecule has 0 amide bonds. The minimum absolute atomic E-state index is 0.329. The van der Waals surface area contributed by atoms with Gasteiger partial charge in [0.2, 0.25) is 0 Å². The van der Waals surface area contributed by atoms with Gasteiger partial charge in [0.15, 0.2) is 0 Å². The van der Waals surface area contributed by atoms with E-state index in [4.69, 9.17) is 0 Å². The summed E-state index contributed by atoms with van der Waals surface area (Å²) in [5.74, 6) is 0. The van der Waals surface area contributed by atoms with E-state index in [1.54, 1.807) is 0 Å². The van der Waals surface area contributed by atoms with E-state index in [-0.39, 0.29) is 0 Å². The maximum absolute atomic E-state index is 12.7. The van der Waals surface area contributed by atoms with E-state index in [2.05, 4.69) is 33.1 Å². The molecule has 0 saturated carbocycles. The molecule has 1 fully saturated rings. The molecule has 1 aliphatic rings.